The van der Waals surface area contributed by atoms with Crippen LogP contribution in [0.4, 0.5) is 4.39 Å². The monoisotopic (exact) mass is 380 g/mol. The van der Waals surface area contributed by atoms with Crippen LogP contribution in [0.5, 0.6) is 0 Å². The number of halogens is 1. The molecular weight excluding hydrogens is 349 g/mol. The highest BCUT2D eigenvalue weighted by atomic mass is 28.3. The minimum absolute atomic E-state index is 0.109. The quantitative estimate of drug-likeness (QED) is 0.404. The summed E-state index contributed by atoms with van der Waals surface area (Å²) in [6.07, 6.45) is 2.06. The molecule has 0 bridgehead atoms. The molecule has 3 rings (SSSR count). The van der Waals surface area contributed by atoms with E-state index in [1.54, 1.807) is 0 Å². The van der Waals surface area contributed by atoms with E-state index in [4.69, 9.17) is 0 Å². The minimum Gasteiger partial charge on any atom is -0.206 e. The molecule has 0 amide bonds. The van der Waals surface area contributed by atoms with Gasteiger partial charge in [-0.2, -0.15) is 0 Å². The molecule has 1 aromatic heterocycles. The maximum absolute atomic E-state index is 15.2. The van der Waals surface area contributed by atoms with Crippen molar-refractivity contribution < 1.29 is 8.96 Å². The van der Waals surface area contributed by atoms with Crippen molar-refractivity contribution in [2.45, 2.75) is 53.3 Å². The Morgan fingerprint density at radius 3 is 2.26 bits per heavy atom. The molecule has 0 aliphatic rings. The van der Waals surface area contributed by atoms with Crippen LogP contribution in [0.1, 0.15) is 30.5 Å². The minimum atomic E-state index is -1.50. The lowest BCUT2D eigenvalue weighted by Gasteiger charge is -2.27. The van der Waals surface area contributed by atoms with Gasteiger partial charge in [0, 0.05) is 6.07 Å². The molecule has 3 aromatic rings. The van der Waals surface area contributed by atoms with E-state index < -0.39 is 8.07 Å². The number of aromatic nitrogens is 1. The third-order valence-corrected chi connectivity index (χ3v) is 11.2. The summed E-state index contributed by atoms with van der Waals surface area (Å²) < 4.78 is 17.3. The van der Waals surface area contributed by atoms with Gasteiger partial charge in [-0.05, 0) is 54.5 Å². The Balaban J connectivity index is 2.35. The highest BCUT2D eigenvalue weighted by molar-refractivity contribution is 6.91. The second-order valence-electron chi connectivity index (χ2n) is 8.78. The van der Waals surface area contributed by atoms with E-state index in [1.165, 1.54) is 10.6 Å². The Labute approximate surface area is 163 Å². The lowest BCUT2D eigenvalue weighted by atomic mass is 9.94. The summed E-state index contributed by atoms with van der Waals surface area (Å²) >= 11 is 0. The van der Waals surface area contributed by atoms with Crippen molar-refractivity contribution in [2.75, 3.05) is 0 Å². The van der Waals surface area contributed by atoms with Gasteiger partial charge in [-0.25, -0.2) is 8.96 Å². The average Bonchev–Trinajstić information content (AvgIpc) is 2.61. The number of aryl methyl sites for hydroxylation is 3. The van der Waals surface area contributed by atoms with Crippen LogP contribution in [0.25, 0.3) is 22.0 Å². The molecule has 0 unspecified atom stereocenters. The number of hydrogen-bond donors (Lipinski definition) is 0. The van der Waals surface area contributed by atoms with E-state index in [1.807, 2.05) is 27.0 Å². The van der Waals surface area contributed by atoms with Crippen molar-refractivity contribution in [3.05, 3.63) is 59.0 Å². The maximum Gasteiger partial charge on any atom is 0.223 e. The first kappa shape index (κ1) is 19.8. The molecule has 142 valence electrons. The van der Waals surface area contributed by atoms with Crippen LogP contribution >= 0.6 is 0 Å². The molecule has 3 heteroatoms. The summed E-state index contributed by atoms with van der Waals surface area (Å²) in [5, 5.41) is 3.77. The lowest BCUT2D eigenvalue weighted by Crippen LogP contribution is -2.44. The van der Waals surface area contributed by atoms with E-state index in [0.29, 0.717) is 11.1 Å². The van der Waals surface area contributed by atoms with E-state index in [9.17, 15) is 0 Å². The number of pyridine rings is 1. The molecule has 0 atom stereocenters. The number of fused-ring (bicyclic) bond motifs is 1. The fourth-order valence-corrected chi connectivity index (χ4v) is 5.46. The molecule has 0 spiro atoms. The topological polar surface area (TPSA) is 3.88 Å². The Morgan fingerprint density at radius 1 is 0.963 bits per heavy atom. The van der Waals surface area contributed by atoms with Crippen LogP contribution in [0.2, 0.25) is 18.6 Å². The van der Waals surface area contributed by atoms with Gasteiger partial charge < -0.3 is 0 Å². The van der Waals surface area contributed by atoms with Crippen molar-refractivity contribution >= 4 is 24.0 Å². The third kappa shape index (κ3) is 3.23. The highest BCUT2D eigenvalue weighted by Crippen LogP contribution is 2.33. The van der Waals surface area contributed by atoms with Gasteiger partial charge in [0.25, 0.3) is 0 Å². The predicted octanol–water partition coefficient (Wildman–Crippen LogP) is 5.72. The molecule has 0 N–H and O–H groups in total. The molecule has 0 saturated carbocycles. The maximum atomic E-state index is 15.2. The zero-order valence-electron chi connectivity index (χ0n) is 17.9. The second kappa shape index (κ2) is 6.86. The van der Waals surface area contributed by atoms with Gasteiger partial charge in [0.15, 0.2) is 6.20 Å². The lowest BCUT2D eigenvalue weighted by molar-refractivity contribution is -0.659. The summed E-state index contributed by atoms with van der Waals surface area (Å²) in [5.74, 6) is -0.109. The Morgan fingerprint density at radius 2 is 1.63 bits per heavy atom. The van der Waals surface area contributed by atoms with E-state index in [-0.39, 0.29) is 5.82 Å². The van der Waals surface area contributed by atoms with E-state index in [2.05, 4.69) is 68.9 Å². The van der Waals surface area contributed by atoms with Crippen molar-refractivity contribution in [3.63, 3.8) is 0 Å². The predicted molar refractivity (Wildman–Crippen MR) is 117 cm³/mol. The van der Waals surface area contributed by atoms with Crippen LogP contribution in [-0.2, 0) is 7.05 Å². The number of benzene rings is 2. The van der Waals surface area contributed by atoms with Crippen LogP contribution in [-0.4, -0.2) is 8.07 Å². The SMILES string of the molecule is Cc1cc(C)c(F)c(-c2c3ccc([Si](C)(C)C(C)C)cc3cc[n+]2C)c1C. The van der Waals surface area contributed by atoms with Gasteiger partial charge in [0.1, 0.15) is 12.9 Å². The molecule has 2 aromatic carbocycles. The smallest absolute Gasteiger partial charge is 0.206 e. The van der Waals surface area contributed by atoms with Gasteiger partial charge in [-0.1, -0.05) is 50.3 Å². The van der Waals surface area contributed by atoms with Gasteiger partial charge in [0.05, 0.1) is 19.0 Å². The van der Waals surface area contributed by atoms with E-state index in [0.717, 1.165) is 27.8 Å². The summed E-state index contributed by atoms with van der Waals surface area (Å²) in [6, 6.07) is 10.9. The molecule has 0 saturated heterocycles. The van der Waals surface area contributed by atoms with Gasteiger partial charge in [0.2, 0.25) is 5.69 Å². The standard InChI is InChI=1S/C24H31FNSi/c1-15(2)27(7,8)20-9-10-21-19(14-20)11-12-26(6)24(21)22-18(5)16(3)13-17(4)23(22)25/h9-15H,1-8H3/q+1. The Kier molecular flexibility index (Phi) is 5.02. The zero-order valence-corrected chi connectivity index (χ0v) is 18.9. The molecule has 0 fully saturated rings. The van der Waals surface area contributed by atoms with Crippen LogP contribution in [0.15, 0.2) is 36.5 Å². The largest absolute Gasteiger partial charge is 0.223 e. The summed E-state index contributed by atoms with van der Waals surface area (Å²) in [5.41, 5.74) is 5.22. The summed E-state index contributed by atoms with van der Waals surface area (Å²) in [6.45, 7) is 15.4. The van der Waals surface area contributed by atoms with Crippen molar-refractivity contribution in [1.82, 2.24) is 0 Å². The molecule has 0 radical (unpaired) electrons. The highest BCUT2D eigenvalue weighted by Gasteiger charge is 2.29. The first-order chi connectivity index (χ1) is 12.6. The van der Waals surface area contributed by atoms with Gasteiger partial charge >= 0.3 is 0 Å². The molecular formula is C24H31FNSi+. The van der Waals surface area contributed by atoms with Crippen LogP contribution in [0, 0.1) is 26.6 Å². The van der Waals surface area contributed by atoms with Gasteiger partial charge in [-0.3, -0.25) is 0 Å². The summed E-state index contributed by atoms with van der Waals surface area (Å²) in [4.78, 5) is 0. The van der Waals surface area contributed by atoms with Crippen LogP contribution < -0.4 is 9.75 Å². The van der Waals surface area contributed by atoms with Crippen LogP contribution in [0.3, 0.4) is 0 Å². The second-order valence-corrected chi connectivity index (χ2v) is 14.0. The van der Waals surface area contributed by atoms with Gasteiger partial charge in [-0.15, -0.1) is 0 Å². The molecule has 0 aliphatic heterocycles. The molecule has 1 nitrogen and oxygen atoms in total. The molecule has 27 heavy (non-hydrogen) atoms. The fraction of sp³-hybridized carbons (Fsp3) is 0.375. The first-order valence-corrected chi connectivity index (χ1v) is 12.8. The first-order valence-electron chi connectivity index (χ1n) is 9.75. The Bertz CT molecular complexity index is 1010. The number of nitrogens with zero attached hydrogens (tertiary/aromatic N) is 1. The van der Waals surface area contributed by atoms with Crippen molar-refractivity contribution in [3.8, 4) is 11.3 Å². The third-order valence-electron chi connectivity index (χ3n) is 6.53. The van der Waals surface area contributed by atoms with E-state index >= 15 is 4.39 Å². The molecule has 0 aliphatic carbocycles. The Hall–Kier alpha value is -2.00. The fourth-order valence-electron chi connectivity index (χ4n) is 3.75. The normalized spacial score (nSPS) is 12.2. The molecule has 1 heterocycles. The summed E-state index contributed by atoms with van der Waals surface area (Å²) in [7, 11) is 0.501. The number of hydrogen-bond acceptors (Lipinski definition) is 0. The zero-order chi connectivity index (χ0) is 20.1. The van der Waals surface area contributed by atoms with Crippen molar-refractivity contribution in [2.24, 2.45) is 7.05 Å². The number of rotatable bonds is 3. The van der Waals surface area contributed by atoms with Crippen molar-refractivity contribution in [1.29, 1.82) is 0 Å². The average molecular weight is 381 g/mol.